The molecule has 0 aliphatic heterocycles. The molecular weight excluding hydrogens is 213 g/mol. The highest BCUT2D eigenvalue weighted by molar-refractivity contribution is 7.55. The summed E-state index contributed by atoms with van der Waals surface area (Å²) in [4.78, 5) is 21.1. The second-order valence-electron chi connectivity index (χ2n) is 3.73. The maximum absolute atomic E-state index is 11.8. The summed E-state index contributed by atoms with van der Waals surface area (Å²) in [7, 11) is -3.42. The molecule has 0 fully saturated rings. The first-order valence-corrected chi connectivity index (χ1v) is 6.98. The van der Waals surface area contributed by atoms with Crippen molar-refractivity contribution in [3.8, 4) is 0 Å². The van der Waals surface area contributed by atoms with Crippen LogP contribution in [-0.4, -0.2) is 22.9 Å². The predicted molar refractivity (Wildman–Crippen MR) is 59.8 cm³/mol. The number of hydrogen-bond acceptors (Lipinski definition) is 2. The summed E-state index contributed by atoms with van der Waals surface area (Å²) < 4.78 is 11.3. The second kappa shape index (κ2) is 4.44. The van der Waals surface area contributed by atoms with Gasteiger partial charge >= 0.3 is 0 Å². The summed E-state index contributed by atoms with van der Waals surface area (Å²) in [6.45, 7) is 2.94. The van der Waals surface area contributed by atoms with Gasteiger partial charge in [0.2, 0.25) is 0 Å². The van der Waals surface area contributed by atoms with Crippen LogP contribution in [0.25, 0.3) is 0 Å². The Kier molecular flexibility index (Phi) is 3.66. The molecule has 2 atom stereocenters. The highest BCUT2D eigenvalue weighted by Crippen LogP contribution is 2.36. The van der Waals surface area contributed by atoms with Crippen molar-refractivity contribution in [2.75, 3.05) is 6.66 Å². The van der Waals surface area contributed by atoms with Gasteiger partial charge in [-0.25, -0.2) is 5.09 Å². The van der Waals surface area contributed by atoms with Gasteiger partial charge < -0.3 is 4.89 Å². The molecule has 0 saturated carbocycles. The first kappa shape index (κ1) is 12.4. The lowest BCUT2D eigenvalue weighted by atomic mass is 9.87. The van der Waals surface area contributed by atoms with Gasteiger partial charge in [-0.05, 0) is 6.42 Å². The number of allylic oxidation sites excluding steroid dienone is 2. The summed E-state index contributed by atoms with van der Waals surface area (Å²) >= 11 is 0. The van der Waals surface area contributed by atoms with Crippen LogP contribution < -0.4 is 5.09 Å². The standard InChI is InChI=1S/C10H16NO3P/c1-3-9(12)10(11-15(2,13)14)7-5-4-6-8-10/h4-7H,3,8H2,1-2H3,(H2,11,13,14). The number of carbonyl (C=O) groups is 1. The number of rotatable bonds is 4. The summed E-state index contributed by atoms with van der Waals surface area (Å²) in [5.41, 5.74) is -0.997. The maximum Gasteiger partial charge on any atom is 0.265 e. The van der Waals surface area contributed by atoms with E-state index in [0.29, 0.717) is 12.8 Å². The van der Waals surface area contributed by atoms with E-state index in [4.69, 9.17) is 0 Å². The van der Waals surface area contributed by atoms with Gasteiger partial charge in [0.05, 0.1) is 0 Å². The van der Waals surface area contributed by atoms with Gasteiger partial charge in [0.25, 0.3) is 7.52 Å². The van der Waals surface area contributed by atoms with Crippen LogP contribution in [0.2, 0.25) is 0 Å². The van der Waals surface area contributed by atoms with Crippen LogP contribution in [0.1, 0.15) is 19.8 Å². The van der Waals surface area contributed by atoms with Crippen molar-refractivity contribution in [1.29, 1.82) is 0 Å². The molecule has 1 aliphatic rings. The minimum atomic E-state index is -3.42. The van der Waals surface area contributed by atoms with Crippen molar-refractivity contribution in [2.24, 2.45) is 0 Å². The van der Waals surface area contributed by atoms with E-state index in [0.717, 1.165) is 0 Å². The molecule has 2 N–H and O–H groups in total. The molecule has 0 radical (unpaired) electrons. The van der Waals surface area contributed by atoms with E-state index in [1.165, 1.54) is 6.66 Å². The van der Waals surface area contributed by atoms with E-state index in [1.54, 1.807) is 19.1 Å². The van der Waals surface area contributed by atoms with Crippen molar-refractivity contribution in [3.05, 3.63) is 24.3 Å². The average molecular weight is 229 g/mol. The van der Waals surface area contributed by atoms with Crippen molar-refractivity contribution >= 4 is 13.3 Å². The molecule has 0 aromatic heterocycles. The lowest BCUT2D eigenvalue weighted by Crippen LogP contribution is -2.48. The fraction of sp³-hybridized carbons (Fsp3) is 0.500. The molecule has 84 valence electrons. The molecule has 2 unspecified atom stereocenters. The Hall–Kier alpha value is -0.700. The van der Waals surface area contributed by atoms with E-state index in [9.17, 15) is 14.3 Å². The number of Topliss-reactive ketones (excluding diaryl/α,β-unsaturated/α-hetero) is 1. The van der Waals surface area contributed by atoms with Crippen LogP contribution in [0.4, 0.5) is 0 Å². The SMILES string of the molecule is CCC(=O)C1(NP(C)(=O)O)C=CC=CC1. The summed E-state index contributed by atoms with van der Waals surface area (Å²) in [5.74, 6) is -0.0702. The number of carbonyl (C=O) groups excluding carboxylic acids is 1. The van der Waals surface area contributed by atoms with Crippen LogP contribution in [0, 0.1) is 0 Å². The average Bonchev–Trinajstić information content (AvgIpc) is 2.15. The van der Waals surface area contributed by atoms with Gasteiger partial charge in [-0.1, -0.05) is 31.2 Å². The van der Waals surface area contributed by atoms with E-state index in [1.807, 2.05) is 12.2 Å². The summed E-state index contributed by atoms with van der Waals surface area (Å²) in [6.07, 6.45) is 7.78. The minimum Gasteiger partial charge on any atom is -0.333 e. The minimum absolute atomic E-state index is 0.0702. The lowest BCUT2D eigenvalue weighted by Gasteiger charge is -2.31. The zero-order chi connectivity index (χ0) is 11.5. The molecule has 0 heterocycles. The molecule has 0 aromatic carbocycles. The Balaban J connectivity index is 2.98. The molecule has 0 saturated heterocycles. The Labute approximate surface area is 89.6 Å². The Morgan fingerprint density at radius 2 is 2.27 bits per heavy atom. The molecule has 0 bridgehead atoms. The molecule has 0 amide bonds. The van der Waals surface area contributed by atoms with E-state index < -0.39 is 13.1 Å². The molecule has 5 heteroatoms. The van der Waals surface area contributed by atoms with Crippen LogP contribution >= 0.6 is 7.52 Å². The molecule has 1 aliphatic carbocycles. The number of hydrogen-bond donors (Lipinski definition) is 2. The molecule has 4 nitrogen and oxygen atoms in total. The number of ketones is 1. The Morgan fingerprint density at radius 3 is 2.67 bits per heavy atom. The lowest BCUT2D eigenvalue weighted by molar-refractivity contribution is -0.122. The van der Waals surface area contributed by atoms with E-state index in [2.05, 4.69) is 5.09 Å². The van der Waals surface area contributed by atoms with Crippen LogP contribution in [0.3, 0.4) is 0 Å². The zero-order valence-corrected chi connectivity index (χ0v) is 9.83. The van der Waals surface area contributed by atoms with Crippen LogP contribution in [0.5, 0.6) is 0 Å². The molecular formula is C10H16NO3P. The van der Waals surface area contributed by atoms with Crippen molar-refractivity contribution in [3.63, 3.8) is 0 Å². The Bertz CT molecular complexity index is 356. The number of nitrogens with one attached hydrogen (secondary N) is 1. The third kappa shape index (κ3) is 3.13. The summed E-state index contributed by atoms with van der Waals surface area (Å²) in [6, 6.07) is 0. The monoisotopic (exact) mass is 229 g/mol. The Morgan fingerprint density at radius 1 is 1.60 bits per heavy atom. The highest BCUT2D eigenvalue weighted by atomic mass is 31.2. The third-order valence-corrected chi connectivity index (χ3v) is 3.11. The van der Waals surface area contributed by atoms with Crippen LogP contribution in [0.15, 0.2) is 24.3 Å². The van der Waals surface area contributed by atoms with Crippen molar-refractivity contribution < 1.29 is 14.3 Å². The van der Waals surface area contributed by atoms with Gasteiger partial charge in [-0.3, -0.25) is 9.36 Å². The van der Waals surface area contributed by atoms with Gasteiger partial charge in [0.15, 0.2) is 5.78 Å². The molecule has 15 heavy (non-hydrogen) atoms. The van der Waals surface area contributed by atoms with E-state index >= 15 is 0 Å². The smallest absolute Gasteiger partial charge is 0.265 e. The fourth-order valence-corrected chi connectivity index (χ4v) is 2.69. The predicted octanol–water partition coefficient (Wildman–Crippen LogP) is 1.63. The topological polar surface area (TPSA) is 66.4 Å². The molecule has 0 aromatic rings. The maximum atomic E-state index is 11.8. The normalized spacial score (nSPS) is 28.7. The third-order valence-electron chi connectivity index (χ3n) is 2.29. The van der Waals surface area contributed by atoms with Gasteiger partial charge in [-0.2, -0.15) is 0 Å². The quantitative estimate of drug-likeness (QED) is 0.719. The molecule has 0 spiro atoms. The fourth-order valence-electron chi connectivity index (χ4n) is 1.66. The van der Waals surface area contributed by atoms with Crippen molar-refractivity contribution in [1.82, 2.24) is 5.09 Å². The van der Waals surface area contributed by atoms with Gasteiger partial charge in [0.1, 0.15) is 5.54 Å². The first-order chi connectivity index (χ1) is 6.90. The van der Waals surface area contributed by atoms with Gasteiger partial charge in [-0.15, -0.1) is 0 Å². The van der Waals surface area contributed by atoms with E-state index in [-0.39, 0.29) is 5.78 Å². The zero-order valence-electron chi connectivity index (χ0n) is 8.93. The summed E-state index contributed by atoms with van der Waals surface area (Å²) in [5, 5.41) is 2.55. The largest absolute Gasteiger partial charge is 0.333 e. The van der Waals surface area contributed by atoms with Gasteiger partial charge in [0, 0.05) is 13.1 Å². The highest BCUT2D eigenvalue weighted by Gasteiger charge is 2.37. The van der Waals surface area contributed by atoms with Crippen LogP contribution in [-0.2, 0) is 9.36 Å². The second-order valence-corrected chi connectivity index (χ2v) is 5.71. The molecule has 1 rings (SSSR count). The van der Waals surface area contributed by atoms with Crippen molar-refractivity contribution in [2.45, 2.75) is 25.3 Å². The first-order valence-electron chi connectivity index (χ1n) is 4.87.